The fourth-order valence-electron chi connectivity index (χ4n) is 1.45. The molecule has 1 heterocycles. The van der Waals surface area contributed by atoms with E-state index in [1.165, 1.54) is 0 Å². The van der Waals surface area contributed by atoms with E-state index >= 15 is 0 Å². The van der Waals surface area contributed by atoms with Crippen LogP contribution in [0.1, 0.15) is 17.2 Å². The second-order valence-corrected chi connectivity index (χ2v) is 3.40. The number of nitrogen functional groups attached to an aromatic ring is 1. The third-order valence-electron chi connectivity index (χ3n) is 2.33. The summed E-state index contributed by atoms with van der Waals surface area (Å²) < 4.78 is 0. The van der Waals surface area contributed by atoms with Crippen LogP contribution in [-0.2, 0) is 0 Å². The van der Waals surface area contributed by atoms with Gasteiger partial charge in [0, 0.05) is 6.20 Å². The molecule has 0 aliphatic rings. The lowest BCUT2D eigenvalue weighted by molar-refractivity contribution is 0.864. The third-order valence-corrected chi connectivity index (χ3v) is 2.33. The summed E-state index contributed by atoms with van der Waals surface area (Å²) in [6.07, 6.45) is 1.72. The standard InChI is InChI=1S/C12H13N3/c13-11-7-6-10(8-15-11)12(14)9-4-2-1-3-5-9/h1-8,12H,14H2,(H2,13,15)/t12-/m1/s1. The van der Waals surface area contributed by atoms with Gasteiger partial charge in [-0.05, 0) is 17.2 Å². The van der Waals surface area contributed by atoms with Gasteiger partial charge in [-0.25, -0.2) is 4.98 Å². The monoisotopic (exact) mass is 199 g/mol. The predicted octanol–water partition coefficient (Wildman–Crippen LogP) is 1.71. The minimum Gasteiger partial charge on any atom is -0.384 e. The van der Waals surface area contributed by atoms with E-state index < -0.39 is 0 Å². The van der Waals surface area contributed by atoms with Crippen LogP contribution in [0.5, 0.6) is 0 Å². The molecule has 0 radical (unpaired) electrons. The van der Waals surface area contributed by atoms with Gasteiger partial charge in [0.15, 0.2) is 0 Å². The lowest BCUT2D eigenvalue weighted by Gasteiger charge is -2.11. The number of hydrogen-bond donors (Lipinski definition) is 2. The number of hydrogen-bond acceptors (Lipinski definition) is 3. The Balaban J connectivity index is 2.29. The zero-order chi connectivity index (χ0) is 10.7. The summed E-state index contributed by atoms with van der Waals surface area (Å²) in [6.45, 7) is 0. The van der Waals surface area contributed by atoms with E-state index in [0.717, 1.165) is 11.1 Å². The fourth-order valence-corrected chi connectivity index (χ4v) is 1.45. The molecule has 3 heteroatoms. The maximum absolute atomic E-state index is 6.09. The highest BCUT2D eigenvalue weighted by Crippen LogP contribution is 2.18. The molecule has 0 spiro atoms. The quantitative estimate of drug-likeness (QED) is 0.773. The van der Waals surface area contributed by atoms with E-state index in [-0.39, 0.29) is 6.04 Å². The average Bonchev–Trinajstić information content (AvgIpc) is 2.30. The van der Waals surface area contributed by atoms with E-state index in [9.17, 15) is 0 Å². The molecule has 0 unspecified atom stereocenters. The van der Waals surface area contributed by atoms with Crippen LogP contribution in [0.15, 0.2) is 48.7 Å². The molecule has 3 nitrogen and oxygen atoms in total. The Morgan fingerprint density at radius 2 is 1.67 bits per heavy atom. The van der Waals surface area contributed by atoms with Gasteiger partial charge in [-0.15, -0.1) is 0 Å². The summed E-state index contributed by atoms with van der Waals surface area (Å²) in [5.74, 6) is 0.513. The zero-order valence-corrected chi connectivity index (χ0v) is 8.30. The van der Waals surface area contributed by atoms with Gasteiger partial charge >= 0.3 is 0 Å². The van der Waals surface area contributed by atoms with Crippen LogP contribution < -0.4 is 11.5 Å². The van der Waals surface area contributed by atoms with Crippen molar-refractivity contribution in [1.82, 2.24) is 4.98 Å². The van der Waals surface area contributed by atoms with Crippen molar-refractivity contribution in [2.45, 2.75) is 6.04 Å². The van der Waals surface area contributed by atoms with Crippen LogP contribution in [0.2, 0.25) is 0 Å². The number of benzene rings is 1. The van der Waals surface area contributed by atoms with Crippen molar-refractivity contribution in [1.29, 1.82) is 0 Å². The summed E-state index contributed by atoms with van der Waals surface area (Å²) in [6, 6.07) is 13.4. The smallest absolute Gasteiger partial charge is 0.123 e. The van der Waals surface area contributed by atoms with Gasteiger partial charge in [-0.2, -0.15) is 0 Å². The molecule has 2 rings (SSSR count). The van der Waals surface area contributed by atoms with Gasteiger partial charge in [0.25, 0.3) is 0 Å². The molecular weight excluding hydrogens is 186 g/mol. The number of aromatic nitrogens is 1. The van der Waals surface area contributed by atoms with Crippen molar-refractivity contribution >= 4 is 5.82 Å². The van der Waals surface area contributed by atoms with Crippen LogP contribution >= 0.6 is 0 Å². The minimum atomic E-state index is -0.140. The molecule has 1 atom stereocenters. The lowest BCUT2D eigenvalue weighted by atomic mass is 10.0. The first-order valence-electron chi connectivity index (χ1n) is 4.79. The van der Waals surface area contributed by atoms with Crippen molar-refractivity contribution in [3.63, 3.8) is 0 Å². The molecular formula is C12H13N3. The Labute approximate surface area is 88.8 Å². The number of nitrogens with two attached hydrogens (primary N) is 2. The Morgan fingerprint density at radius 3 is 2.27 bits per heavy atom. The third kappa shape index (κ3) is 2.14. The van der Waals surface area contributed by atoms with Crippen LogP contribution in [0.3, 0.4) is 0 Å². The van der Waals surface area contributed by atoms with Crippen molar-refractivity contribution in [2.75, 3.05) is 5.73 Å². The number of nitrogens with zero attached hydrogens (tertiary/aromatic N) is 1. The molecule has 0 saturated heterocycles. The van der Waals surface area contributed by atoms with Gasteiger partial charge in [-0.1, -0.05) is 36.4 Å². The molecule has 0 fully saturated rings. The molecule has 0 saturated carbocycles. The van der Waals surface area contributed by atoms with Crippen LogP contribution in [-0.4, -0.2) is 4.98 Å². The molecule has 76 valence electrons. The van der Waals surface area contributed by atoms with Crippen LogP contribution in [0.25, 0.3) is 0 Å². The second kappa shape index (κ2) is 4.11. The predicted molar refractivity (Wildman–Crippen MR) is 61.1 cm³/mol. The highest BCUT2D eigenvalue weighted by molar-refractivity contribution is 5.35. The fraction of sp³-hybridized carbons (Fsp3) is 0.0833. The van der Waals surface area contributed by atoms with E-state index in [2.05, 4.69) is 4.98 Å². The topological polar surface area (TPSA) is 64.9 Å². The summed E-state index contributed by atoms with van der Waals surface area (Å²) in [5.41, 5.74) is 13.6. The Morgan fingerprint density at radius 1 is 0.933 bits per heavy atom. The van der Waals surface area contributed by atoms with Gasteiger partial charge < -0.3 is 11.5 Å². The number of rotatable bonds is 2. The molecule has 15 heavy (non-hydrogen) atoms. The Hall–Kier alpha value is -1.87. The summed E-state index contributed by atoms with van der Waals surface area (Å²) in [4.78, 5) is 4.02. The lowest BCUT2D eigenvalue weighted by Crippen LogP contribution is -2.12. The highest BCUT2D eigenvalue weighted by atomic mass is 14.8. The van der Waals surface area contributed by atoms with E-state index in [1.807, 2.05) is 36.4 Å². The summed E-state index contributed by atoms with van der Waals surface area (Å²) in [7, 11) is 0. The van der Waals surface area contributed by atoms with E-state index in [1.54, 1.807) is 12.3 Å². The zero-order valence-electron chi connectivity index (χ0n) is 8.30. The maximum Gasteiger partial charge on any atom is 0.123 e. The maximum atomic E-state index is 6.09. The first kappa shape index (κ1) is 9.68. The van der Waals surface area contributed by atoms with Crippen LogP contribution in [0, 0.1) is 0 Å². The van der Waals surface area contributed by atoms with Crippen molar-refractivity contribution < 1.29 is 0 Å². The molecule has 0 amide bonds. The molecule has 0 aliphatic heterocycles. The number of anilines is 1. The molecule has 1 aromatic carbocycles. The van der Waals surface area contributed by atoms with Gasteiger partial charge in [0.2, 0.25) is 0 Å². The molecule has 1 aromatic heterocycles. The minimum absolute atomic E-state index is 0.140. The molecule has 4 N–H and O–H groups in total. The van der Waals surface area contributed by atoms with Crippen molar-refractivity contribution in [2.24, 2.45) is 5.73 Å². The van der Waals surface area contributed by atoms with Crippen molar-refractivity contribution in [3.05, 3.63) is 59.8 Å². The Bertz CT molecular complexity index is 422. The van der Waals surface area contributed by atoms with Gasteiger partial charge in [0.05, 0.1) is 6.04 Å². The van der Waals surface area contributed by atoms with E-state index in [0.29, 0.717) is 5.82 Å². The first-order valence-corrected chi connectivity index (χ1v) is 4.79. The largest absolute Gasteiger partial charge is 0.384 e. The normalized spacial score (nSPS) is 12.3. The number of pyridine rings is 1. The van der Waals surface area contributed by atoms with Crippen LogP contribution in [0.4, 0.5) is 5.82 Å². The highest BCUT2D eigenvalue weighted by Gasteiger charge is 2.07. The first-order chi connectivity index (χ1) is 7.27. The SMILES string of the molecule is Nc1ccc([C@H](N)c2ccccc2)cn1. The van der Waals surface area contributed by atoms with Gasteiger partial charge in [-0.3, -0.25) is 0 Å². The molecule has 0 aliphatic carbocycles. The second-order valence-electron chi connectivity index (χ2n) is 3.40. The van der Waals surface area contributed by atoms with E-state index in [4.69, 9.17) is 11.5 Å². The van der Waals surface area contributed by atoms with Crippen molar-refractivity contribution in [3.8, 4) is 0 Å². The average molecular weight is 199 g/mol. The molecule has 0 bridgehead atoms. The Kier molecular flexibility index (Phi) is 2.65. The summed E-state index contributed by atoms with van der Waals surface area (Å²) in [5, 5.41) is 0. The summed E-state index contributed by atoms with van der Waals surface area (Å²) >= 11 is 0. The van der Waals surface area contributed by atoms with Gasteiger partial charge in [0.1, 0.15) is 5.82 Å². The molecule has 2 aromatic rings.